The third-order valence-corrected chi connectivity index (χ3v) is 2.82. The number of ether oxygens (including phenoxy) is 1. The van der Waals surface area contributed by atoms with Gasteiger partial charge in [-0.1, -0.05) is 17.7 Å². The van der Waals surface area contributed by atoms with Crippen molar-refractivity contribution in [1.82, 2.24) is 15.1 Å². The highest BCUT2D eigenvalue weighted by Crippen LogP contribution is 2.20. The number of benzene rings is 1. The maximum atomic E-state index is 5.73. The maximum absolute atomic E-state index is 5.73. The Labute approximate surface area is 108 Å². The van der Waals surface area contributed by atoms with Crippen LogP contribution >= 0.6 is 0 Å². The van der Waals surface area contributed by atoms with Gasteiger partial charge in [0.15, 0.2) is 5.75 Å². The molecule has 0 bridgehead atoms. The molecular weight excluding hydrogens is 226 g/mol. The molecule has 1 aromatic heterocycles. The largest absolute Gasteiger partial charge is 0.454 e. The van der Waals surface area contributed by atoms with Crippen molar-refractivity contribution >= 4 is 0 Å². The van der Waals surface area contributed by atoms with Crippen LogP contribution in [0.4, 0.5) is 0 Å². The van der Waals surface area contributed by atoms with E-state index in [0.29, 0.717) is 6.04 Å². The van der Waals surface area contributed by atoms with Crippen molar-refractivity contribution in [2.75, 3.05) is 7.05 Å². The molecule has 4 nitrogen and oxygen atoms in total. The lowest BCUT2D eigenvalue weighted by Gasteiger charge is -2.09. The molecule has 0 aliphatic heterocycles. The van der Waals surface area contributed by atoms with Crippen molar-refractivity contribution in [3.63, 3.8) is 0 Å². The van der Waals surface area contributed by atoms with Gasteiger partial charge in [0.2, 0.25) is 0 Å². The Morgan fingerprint density at radius 1 is 1.28 bits per heavy atom. The lowest BCUT2D eigenvalue weighted by Crippen LogP contribution is -2.26. The monoisotopic (exact) mass is 245 g/mol. The Balaban J connectivity index is 2.00. The molecule has 0 saturated carbocycles. The van der Waals surface area contributed by atoms with E-state index in [1.54, 1.807) is 6.20 Å². The molecule has 4 heteroatoms. The molecule has 0 saturated heterocycles. The first-order valence-electron chi connectivity index (χ1n) is 6.11. The quantitative estimate of drug-likeness (QED) is 0.880. The Morgan fingerprint density at radius 3 is 2.67 bits per heavy atom. The third kappa shape index (κ3) is 3.34. The maximum Gasteiger partial charge on any atom is 0.165 e. The number of rotatable bonds is 5. The molecule has 1 unspecified atom stereocenters. The fourth-order valence-corrected chi connectivity index (χ4v) is 1.61. The van der Waals surface area contributed by atoms with Crippen LogP contribution in [0, 0.1) is 6.92 Å². The summed E-state index contributed by atoms with van der Waals surface area (Å²) in [6.45, 7) is 5.00. The van der Waals surface area contributed by atoms with Gasteiger partial charge in [0.1, 0.15) is 5.75 Å². The Hall–Kier alpha value is -1.81. The summed E-state index contributed by atoms with van der Waals surface area (Å²) in [5.74, 6) is 1.60. The first-order chi connectivity index (χ1) is 8.67. The summed E-state index contributed by atoms with van der Waals surface area (Å²) in [4.78, 5) is 0. The van der Waals surface area contributed by atoms with Crippen LogP contribution in [0.5, 0.6) is 11.5 Å². The smallest absolute Gasteiger partial charge is 0.165 e. The number of nitrogens with one attached hydrogen (secondary N) is 1. The Morgan fingerprint density at radius 2 is 2.00 bits per heavy atom. The summed E-state index contributed by atoms with van der Waals surface area (Å²) in [5, 5.41) is 7.45. The predicted octanol–water partition coefficient (Wildman–Crippen LogP) is 2.59. The number of aryl methyl sites for hydroxylation is 1. The van der Waals surface area contributed by atoms with E-state index in [9.17, 15) is 0 Å². The second kappa shape index (κ2) is 5.69. The molecule has 0 spiro atoms. The summed E-state index contributed by atoms with van der Waals surface area (Å²) in [6, 6.07) is 8.37. The second-order valence-corrected chi connectivity index (χ2v) is 4.50. The van der Waals surface area contributed by atoms with Crippen molar-refractivity contribution in [3.05, 3.63) is 42.2 Å². The molecule has 96 valence electrons. The van der Waals surface area contributed by atoms with Crippen molar-refractivity contribution in [2.45, 2.75) is 26.4 Å². The normalized spacial score (nSPS) is 12.4. The number of aromatic nitrogens is 2. The van der Waals surface area contributed by atoms with Crippen LogP contribution in [-0.4, -0.2) is 22.9 Å². The highest BCUT2D eigenvalue weighted by molar-refractivity contribution is 5.30. The van der Waals surface area contributed by atoms with Crippen LogP contribution in [0.15, 0.2) is 36.7 Å². The van der Waals surface area contributed by atoms with Crippen LogP contribution in [-0.2, 0) is 6.54 Å². The van der Waals surface area contributed by atoms with E-state index in [4.69, 9.17) is 4.74 Å². The van der Waals surface area contributed by atoms with Gasteiger partial charge in [-0.15, -0.1) is 0 Å². The lowest BCUT2D eigenvalue weighted by atomic mass is 10.2. The first-order valence-corrected chi connectivity index (χ1v) is 6.11. The molecular formula is C14H19N3O. The molecule has 1 aromatic carbocycles. The minimum atomic E-state index is 0.386. The lowest BCUT2D eigenvalue weighted by molar-refractivity contribution is 0.468. The van der Waals surface area contributed by atoms with Gasteiger partial charge >= 0.3 is 0 Å². The zero-order valence-electron chi connectivity index (χ0n) is 11.1. The standard InChI is InChI=1S/C14H19N3O/c1-11-4-6-13(7-5-11)18-14-8-16-17(10-14)9-12(2)15-3/h4-8,10,12,15H,9H2,1-3H3. The number of hydrogen-bond donors (Lipinski definition) is 1. The number of hydrogen-bond acceptors (Lipinski definition) is 3. The summed E-state index contributed by atoms with van der Waals surface area (Å²) in [7, 11) is 1.94. The minimum Gasteiger partial charge on any atom is -0.454 e. The average Bonchev–Trinajstić information content (AvgIpc) is 2.79. The van der Waals surface area contributed by atoms with Crippen LogP contribution in [0.25, 0.3) is 0 Å². The number of likely N-dealkylation sites (N-methyl/N-ethyl adjacent to an activating group) is 1. The highest BCUT2D eigenvalue weighted by Gasteiger charge is 2.04. The van der Waals surface area contributed by atoms with Gasteiger partial charge in [-0.3, -0.25) is 4.68 Å². The average molecular weight is 245 g/mol. The van der Waals surface area contributed by atoms with E-state index >= 15 is 0 Å². The van der Waals surface area contributed by atoms with Crippen molar-refractivity contribution < 1.29 is 4.74 Å². The van der Waals surface area contributed by atoms with E-state index < -0.39 is 0 Å². The summed E-state index contributed by atoms with van der Waals surface area (Å²) in [5.41, 5.74) is 1.22. The van der Waals surface area contributed by atoms with Crippen LogP contribution in [0.3, 0.4) is 0 Å². The Bertz CT molecular complexity index is 490. The molecule has 1 heterocycles. The van der Waals surface area contributed by atoms with Gasteiger partial charge in [-0.2, -0.15) is 5.10 Å². The van der Waals surface area contributed by atoms with E-state index in [-0.39, 0.29) is 0 Å². The highest BCUT2D eigenvalue weighted by atomic mass is 16.5. The number of nitrogens with zero attached hydrogens (tertiary/aromatic N) is 2. The van der Waals surface area contributed by atoms with E-state index in [1.165, 1.54) is 5.56 Å². The SMILES string of the molecule is CNC(C)Cn1cc(Oc2ccc(C)cc2)cn1. The van der Waals surface area contributed by atoms with E-state index in [2.05, 4.69) is 24.3 Å². The molecule has 0 fully saturated rings. The van der Waals surface area contributed by atoms with Crippen LogP contribution in [0.1, 0.15) is 12.5 Å². The Kier molecular flexibility index (Phi) is 3.99. The summed E-state index contributed by atoms with van der Waals surface area (Å²) < 4.78 is 7.61. The predicted molar refractivity (Wildman–Crippen MR) is 72.0 cm³/mol. The first kappa shape index (κ1) is 12.6. The van der Waals surface area contributed by atoms with Crippen molar-refractivity contribution in [2.24, 2.45) is 0 Å². The third-order valence-electron chi connectivity index (χ3n) is 2.82. The van der Waals surface area contributed by atoms with Crippen molar-refractivity contribution in [3.8, 4) is 11.5 Å². The van der Waals surface area contributed by atoms with Gasteiger partial charge in [0, 0.05) is 6.04 Å². The van der Waals surface area contributed by atoms with Gasteiger partial charge < -0.3 is 10.1 Å². The van der Waals surface area contributed by atoms with Crippen LogP contribution in [0.2, 0.25) is 0 Å². The zero-order chi connectivity index (χ0) is 13.0. The van der Waals surface area contributed by atoms with Gasteiger partial charge in [0.25, 0.3) is 0 Å². The van der Waals surface area contributed by atoms with Crippen molar-refractivity contribution in [1.29, 1.82) is 0 Å². The summed E-state index contributed by atoms with van der Waals surface area (Å²) in [6.07, 6.45) is 3.65. The molecule has 0 aliphatic rings. The topological polar surface area (TPSA) is 39.1 Å². The van der Waals surface area contributed by atoms with Gasteiger partial charge in [-0.25, -0.2) is 0 Å². The zero-order valence-corrected chi connectivity index (χ0v) is 11.1. The molecule has 0 amide bonds. The van der Waals surface area contributed by atoms with E-state index in [0.717, 1.165) is 18.0 Å². The minimum absolute atomic E-state index is 0.386. The fraction of sp³-hybridized carbons (Fsp3) is 0.357. The molecule has 1 N–H and O–H groups in total. The molecule has 18 heavy (non-hydrogen) atoms. The fourth-order valence-electron chi connectivity index (χ4n) is 1.61. The molecule has 2 aromatic rings. The second-order valence-electron chi connectivity index (χ2n) is 4.50. The molecule has 1 atom stereocenters. The van der Waals surface area contributed by atoms with Crippen LogP contribution < -0.4 is 10.1 Å². The van der Waals surface area contributed by atoms with E-state index in [1.807, 2.05) is 42.2 Å². The van der Waals surface area contributed by atoms with Gasteiger partial charge in [0.05, 0.1) is 18.9 Å². The molecule has 0 radical (unpaired) electrons. The molecule has 0 aliphatic carbocycles. The summed E-state index contributed by atoms with van der Waals surface area (Å²) >= 11 is 0. The molecule has 2 rings (SSSR count). The van der Waals surface area contributed by atoms with Gasteiger partial charge in [-0.05, 0) is 33.0 Å².